The van der Waals surface area contributed by atoms with Crippen LogP contribution in [0.4, 0.5) is 10.1 Å². The number of amides is 3. The molecule has 6 nitrogen and oxygen atoms in total. The zero-order valence-electron chi connectivity index (χ0n) is 17.9. The highest BCUT2D eigenvalue weighted by atomic mass is 19.1. The number of piperidine rings is 1. The van der Waals surface area contributed by atoms with Crippen LogP contribution in [-0.4, -0.2) is 54.7 Å². The van der Waals surface area contributed by atoms with Crippen molar-refractivity contribution in [2.24, 2.45) is 5.92 Å². The van der Waals surface area contributed by atoms with E-state index in [1.165, 1.54) is 17.0 Å². The summed E-state index contributed by atoms with van der Waals surface area (Å²) in [4.78, 5) is 40.2. The van der Waals surface area contributed by atoms with Gasteiger partial charge < -0.3 is 15.1 Å². The molecule has 1 fully saturated rings. The Hall–Kier alpha value is -3.22. The summed E-state index contributed by atoms with van der Waals surface area (Å²) in [5.41, 5.74) is 2.40. The van der Waals surface area contributed by atoms with Crippen LogP contribution in [-0.2, 0) is 14.4 Å². The summed E-state index contributed by atoms with van der Waals surface area (Å²) in [5, 5.41) is 2.95. The number of nitrogens with one attached hydrogen (secondary N) is 1. The number of anilines is 1. The van der Waals surface area contributed by atoms with E-state index in [1.54, 1.807) is 31.1 Å². The molecule has 1 N–H and O–H groups in total. The van der Waals surface area contributed by atoms with Crippen molar-refractivity contribution in [3.05, 3.63) is 54.3 Å². The van der Waals surface area contributed by atoms with Crippen molar-refractivity contribution in [2.45, 2.75) is 25.7 Å². The fourth-order valence-corrected chi connectivity index (χ4v) is 3.68. The van der Waals surface area contributed by atoms with Gasteiger partial charge in [-0.15, -0.1) is 0 Å². The number of hydrogen-bond donors (Lipinski definition) is 1. The van der Waals surface area contributed by atoms with Crippen molar-refractivity contribution in [1.82, 2.24) is 9.80 Å². The maximum atomic E-state index is 13.2. The van der Waals surface area contributed by atoms with Gasteiger partial charge in [-0.2, -0.15) is 0 Å². The molecule has 3 amide bonds. The second kappa shape index (κ2) is 10.2. The van der Waals surface area contributed by atoms with Crippen LogP contribution in [0.2, 0.25) is 0 Å². The average molecular weight is 426 g/mol. The molecule has 1 aliphatic heterocycles. The Morgan fingerprint density at radius 2 is 1.81 bits per heavy atom. The smallest absolute Gasteiger partial charge is 0.229 e. The molecule has 2 aromatic carbocycles. The summed E-state index contributed by atoms with van der Waals surface area (Å²) < 4.78 is 13.2. The maximum absolute atomic E-state index is 13.2. The van der Waals surface area contributed by atoms with Crippen molar-refractivity contribution in [3.8, 4) is 11.1 Å². The van der Waals surface area contributed by atoms with Crippen molar-refractivity contribution in [3.63, 3.8) is 0 Å². The lowest BCUT2D eigenvalue weighted by molar-refractivity contribution is -0.138. The molecule has 1 aliphatic rings. The molecular weight excluding hydrogens is 397 g/mol. The first kappa shape index (κ1) is 22.5. The summed E-state index contributed by atoms with van der Waals surface area (Å²) >= 11 is 0. The summed E-state index contributed by atoms with van der Waals surface area (Å²) in [6.07, 6.45) is 1.80. The monoisotopic (exact) mass is 425 g/mol. The zero-order chi connectivity index (χ0) is 22.4. The summed E-state index contributed by atoms with van der Waals surface area (Å²) in [6, 6.07) is 13.6. The Balaban J connectivity index is 1.59. The van der Waals surface area contributed by atoms with Gasteiger partial charge in [0.05, 0.1) is 5.92 Å². The van der Waals surface area contributed by atoms with E-state index >= 15 is 0 Å². The second-order valence-corrected chi connectivity index (χ2v) is 8.04. The van der Waals surface area contributed by atoms with Crippen molar-refractivity contribution in [1.29, 1.82) is 0 Å². The standard InChI is InChI=1S/C24H28FN3O3/c1-27(2)22(29)12-13-23(30)28-14-4-6-19(16-28)24(31)26-21-7-3-5-18(15-21)17-8-10-20(25)11-9-17/h3,5,7-11,15,19H,4,6,12-14,16H2,1-2H3,(H,26,31)/t19-/m1/s1. The third-order valence-electron chi connectivity index (χ3n) is 5.50. The summed E-state index contributed by atoms with van der Waals surface area (Å²) in [6.45, 7) is 0.970. The molecular formula is C24H28FN3O3. The van der Waals surface area contributed by atoms with Gasteiger partial charge in [-0.05, 0) is 48.2 Å². The number of hydrogen-bond acceptors (Lipinski definition) is 3. The van der Waals surface area contributed by atoms with Crippen LogP contribution in [0.15, 0.2) is 48.5 Å². The van der Waals surface area contributed by atoms with Gasteiger partial charge in [-0.3, -0.25) is 14.4 Å². The number of halogens is 1. The van der Waals surface area contributed by atoms with Gasteiger partial charge in [0.25, 0.3) is 0 Å². The fourth-order valence-electron chi connectivity index (χ4n) is 3.68. The van der Waals surface area contributed by atoms with E-state index in [0.717, 1.165) is 17.5 Å². The molecule has 1 atom stereocenters. The normalized spacial score (nSPS) is 16.0. The molecule has 0 radical (unpaired) electrons. The highest BCUT2D eigenvalue weighted by molar-refractivity contribution is 5.94. The first-order valence-corrected chi connectivity index (χ1v) is 10.5. The summed E-state index contributed by atoms with van der Waals surface area (Å²) in [7, 11) is 3.33. The molecule has 0 aromatic heterocycles. The highest BCUT2D eigenvalue weighted by Gasteiger charge is 2.28. The van der Waals surface area contributed by atoms with Gasteiger partial charge in [0.1, 0.15) is 5.82 Å². The van der Waals surface area contributed by atoms with E-state index in [0.29, 0.717) is 25.2 Å². The maximum Gasteiger partial charge on any atom is 0.229 e. The predicted molar refractivity (Wildman–Crippen MR) is 118 cm³/mol. The number of nitrogens with zero attached hydrogens (tertiary/aromatic N) is 2. The number of benzene rings is 2. The minimum Gasteiger partial charge on any atom is -0.349 e. The molecule has 0 bridgehead atoms. The van der Waals surface area contributed by atoms with Gasteiger partial charge in [0.15, 0.2) is 0 Å². The SMILES string of the molecule is CN(C)C(=O)CCC(=O)N1CCC[C@@H](C(=O)Nc2cccc(-c3ccc(F)cc3)c2)C1. The van der Waals surface area contributed by atoms with E-state index in [9.17, 15) is 18.8 Å². The lowest BCUT2D eigenvalue weighted by Gasteiger charge is -2.32. The van der Waals surface area contributed by atoms with E-state index in [-0.39, 0.29) is 42.3 Å². The average Bonchev–Trinajstić information content (AvgIpc) is 2.77. The summed E-state index contributed by atoms with van der Waals surface area (Å²) in [5.74, 6) is -0.891. The quantitative estimate of drug-likeness (QED) is 0.770. The largest absolute Gasteiger partial charge is 0.349 e. The number of carbonyl (C=O) groups is 3. The van der Waals surface area contributed by atoms with E-state index in [4.69, 9.17) is 0 Å². The van der Waals surface area contributed by atoms with Crippen LogP contribution >= 0.6 is 0 Å². The van der Waals surface area contributed by atoms with Gasteiger partial charge in [0.2, 0.25) is 17.7 Å². The zero-order valence-corrected chi connectivity index (χ0v) is 17.9. The Bertz CT molecular complexity index is 943. The lowest BCUT2D eigenvalue weighted by atomic mass is 9.96. The fraction of sp³-hybridized carbons (Fsp3) is 0.375. The van der Waals surface area contributed by atoms with Gasteiger partial charge in [-0.25, -0.2) is 4.39 Å². The van der Waals surface area contributed by atoms with Crippen LogP contribution in [0.25, 0.3) is 11.1 Å². The van der Waals surface area contributed by atoms with E-state index in [2.05, 4.69) is 5.32 Å². The first-order chi connectivity index (χ1) is 14.8. The van der Waals surface area contributed by atoms with Gasteiger partial charge in [0, 0.05) is 45.7 Å². The van der Waals surface area contributed by atoms with E-state index < -0.39 is 0 Å². The second-order valence-electron chi connectivity index (χ2n) is 8.04. The number of likely N-dealkylation sites (tertiary alicyclic amines) is 1. The Morgan fingerprint density at radius 3 is 2.52 bits per heavy atom. The molecule has 164 valence electrons. The van der Waals surface area contributed by atoms with Crippen molar-refractivity contribution in [2.75, 3.05) is 32.5 Å². The van der Waals surface area contributed by atoms with Crippen molar-refractivity contribution >= 4 is 23.4 Å². The molecule has 0 spiro atoms. The Kier molecular flexibility index (Phi) is 7.39. The predicted octanol–water partition coefficient (Wildman–Crippen LogP) is 3.54. The minimum absolute atomic E-state index is 0.0827. The van der Waals surface area contributed by atoms with Crippen LogP contribution in [0, 0.1) is 11.7 Å². The number of carbonyl (C=O) groups excluding carboxylic acids is 3. The van der Waals surface area contributed by atoms with Crippen LogP contribution in [0.5, 0.6) is 0 Å². The highest BCUT2D eigenvalue weighted by Crippen LogP contribution is 2.24. The molecule has 0 aliphatic carbocycles. The van der Waals surface area contributed by atoms with Crippen LogP contribution in [0.3, 0.4) is 0 Å². The van der Waals surface area contributed by atoms with Gasteiger partial charge in [-0.1, -0.05) is 24.3 Å². The van der Waals surface area contributed by atoms with Gasteiger partial charge >= 0.3 is 0 Å². The third-order valence-corrected chi connectivity index (χ3v) is 5.50. The topological polar surface area (TPSA) is 69.7 Å². The molecule has 0 unspecified atom stereocenters. The first-order valence-electron chi connectivity index (χ1n) is 10.5. The Labute approximate surface area is 182 Å². The molecule has 1 heterocycles. The third kappa shape index (κ3) is 6.13. The van der Waals surface area contributed by atoms with Crippen molar-refractivity contribution < 1.29 is 18.8 Å². The number of rotatable bonds is 6. The molecule has 3 rings (SSSR count). The molecule has 0 saturated carbocycles. The Morgan fingerprint density at radius 1 is 1.06 bits per heavy atom. The van der Waals surface area contributed by atoms with Crippen LogP contribution in [0.1, 0.15) is 25.7 Å². The minimum atomic E-state index is -0.296. The van der Waals surface area contributed by atoms with Crippen LogP contribution < -0.4 is 5.32 Å². The van der Waals surface area contributed by atoms with E-state index in [1.807, 2.05) is 24.3 Å². The molecule has 31 heavy (non-hydrogen) atoms. The lowest BCUT2D eigenvalue weighted by Crippen LogP contribution is -2.44. The molecule has 1 saturated heterocycles. The molecule has 7 heteroatoms. The molecule has 2 aromatic rings.